The van der Waals surface area contributed by atoms with Crippen LogP contribution < -0.4 is 16.2 Å². The van der Waals surface area contributed by atoms with Crippen molar-refractivity contribution < 1.29 is 14.3 Å². The van der Waals surface area contributed by atoms with E-state index in [2.05, 4.69) is 0 Å². The van der Waals surface area contributed by atoms with Crippen molar-refractivity contribution in [2.45, 2.75) is 24.9 Å². The molecule has 0 saturated carbocycles. The van der Waals surface area contributed by atoms with E-state index in [-0.39, 0.29) is 18.9 Å². The van der Waals surface area contributed by atoms with Crippen LogP contribution in [0.1, 0.15) is 28.2 Å². The molecule has 0 fully saturated rings. The lowest BCUT2D eigenvalue weighted by Crippen LogP contribution is -2.50. The van der Waals surface area contributed by atoms with Crippen LogP contribution in [0.5, 0.6) is 5.75 Å². The van der Waals surface area contributed by atoms with Gasteiger partial charge in [-0.15, -0.1) is 0 Å². The SMILES string of the molecule is COc1ccc(CN(C(=O)C(c2ccccc2)c2ccccc2)[C@H](Cc2ccc(N)cc2)C(N)=O)cc1. The first-order chi connectivity index (χ1) is 18.0. The Morgan fingerprint density at radius 2 is 1.27 bits per heavy atom. The number of hydrogen-bond donors (Lipinski definition) is 2. The number of rotatable bonds is 10. The van der Waals surface area contributed by atoms with Gasteiger partial charge in [-0.3, -0.25) is 9.59 Å². The topological polar surface area (TPSA) is 98.7 Å². The fourth-order valence-corrected chi connectivity index (χ4v) is 4.45. The number of primary amides is 1. The molecule has 4 aromatic carbocycles. The van der Waals surface area contributed by atoms with Gasteiger partial charge in [-0.1, -0.05) is 84.9 Å². The Morgan fingerprint density at radius 1 is 0.757 bits per heavy atom. The van der Waals surface area contributed by atoms with Crippen molar-refractivity contribution in [2.75, 3.05) is 12.8 Å². The molecular formula is C31H31N3O3. The Kier molecular flexibility index (Phi) is 8.21. The number of anilines is 1. The number of hydrogen-bond acceptors (Lipinski definition) is 4. The molecule has 0 aliphatic heterocycles. The smallest absolute Gasteiger partial charge is 0.240 e. The molecular weight excluding hydrogens is 462 g/mol. The number of nitrogens with two attached hydrogens (primary N) is 2. The lowest BCUT2D eigenvalue weighted by Gasteiger charge is -2.33. The molecule has 4 N–H and O–H groups in total. The van der Waals surface area contributed by atoms with Crippen LogP contribution in [0.2, 0.25) is 0 Å². The lowest BCUT2D eigenvalue weighted by atomic mass is 9.89. The molecule has 0 aliphatic rings. The lowest BCUT2D eigenvalue weighted by molar-refractivity contribution is -0.140. The van der Waals surface area contributed by atoms with Crippen LogP contribution >= 0.6 is 0 Å². The second-order valence-corrected chi connectivity index (χ2v) is 8.93. The van der Waals surface area contributed by atoms with E-state index in [0.29, 0.717) is 11.4 Å². The van der Waals surface area contributed by atoms with E-state index >= 15 is 0 Å². The molecule has 0 aromatic heterocycles. The highest BCUT2D eigenvalue weighted by Crippen LogP contribution is 2.29. The van der Waals surface area contributed by atoms with E-state index in [4.69, 9.17) is 16.2 Å². The summed E-state index contributed by atoms with van der Waals surface area (Å²) in [4.78, 5) is 28.9. The zero-order chi connectivity index (χ0) is 26.2. The fourth-order valence-electron chi connectivity index (χ4n) is 4.45. The molecule has 0 radical (unpaired) electrons. The van der Waals surface area contributed by atoms with Crippen molar-refractivity contribution in [1.82, 2.24) is 4.90 Å². The Bertz CT molecular complexity index is 1270. The molecule has 4 rings (SSSR count). The van der Waals surface area contributed by atoms with Gasteiger partial charge in [0.25, 0.3) is 0 Å². The van der Waals surface area contributed by atoms with E-state index < -0.39 is 17.9 Å². The van der Waals surface area contributed by atoms with Gasteiger partial charge in [0.2, 0.25) is 11.8 Å². The minimum atomic E-state index is -0.867. The summed E-state index contributed by atoms with van der Waals surface area (Å²) >= 11 is 0. The maximum atomic E-state index is 14.4. The molecule has 0 spiro atoms. The number of amides is 2. The summed E-state index contributed by atoms with van der Waals surface area (Å²) < 4.78 is 5.28. The molecule has 1 atom stereocenters. The van der Waals surface area contributed by atoms with Gasteiger partial charge in [-0.25, -0.2) is 0 Å². The second-order valence-electron chi connectivity index (χ2n) is 8.93. The highest BCUT2D eigenvalue weighted by atomic mass is 16.5. The van der Waals surface area contributed by atoms with Gasteiger partial charge < -0.3 is 21.1 Å². The van der Waals surface area contributed by atoms with Gasteiger partial charge in [0.1, 0.15) is 11.8 Å². The van der Waals surface area contributed by atoms with Crippen LogP contribution in [-0.2, 0) is 22.6 Å². The zero-order valence-electron chi connectivity index (χ0n) is 20.8. The van der Waals surface area contributed by atoms with E-state index in [1.165, 1.54) is 0 Å². The van der Waals surface area contributed by atoms with Crippen molar-refractivity contribution >= 4 is 17.5 Å². The van der Waals surface area contributed by atoms with E-state index in [0.717, 1.165) is 22.3 Å². The molecule has 6 heteroatoms. The molecule has 6 nitrogen and oxygen atoms in total. The largest absolute Gasteiger partial charge is 0.497 e. The summed E-state index contributed by atoms with van der Waals surface area (Å²) in [5.74, 6) is -0.665. The van der Waals surface area contributed by atoms with Gasteiger partial charge in [0.15, 0.2) is 0 Å². The van der Waals surface area contributed by atoms with Crippen LogP contribution in [0.4, 0.5) is 5.69 Å². The molecule has 188 valence electrons. The standard InChI is InChI=1S/C31H31N3O3/c1-37-27-18-14-23(15-19-27)21-34(28(30(33)35)20-22-12-16-26(32)17-13-22)31(36)29(24-8-4-2-5-9-24)25-10-6-3-7-11-25/h2-19,28-29H,20-21,32H2,1H3,(H2,33,35)/t28-/m1/s1. The third-order valence-electron chi connectivity index (χ3n) is 6.42. The third kappa shape index (κ3) is 6.35. The molecule has 0 unspecified atom stereocenters. The van der Waals surface area contributed by atoms with E-state index in [1.807, 2.05) is 97.1 Å². The number of nitrogen functional groups attached to an aromatic ring is 1. The van der Waals surface area contributed by atoms with Crippen LogP contribution in [0.25, 0.3) is 0 Å². The summed E-state index contributed by atoms with van der Waals surface area (Å²) in [7, 11) is 1.60. The highest BCUT2D eigenvalue weighted by molar-refractivity contribution is 5.92. The first-order valence-electron chi connectivity index (χ1n) is 12.1. The molecule has 4 aromatic rings. The van der Waals surface area contributed by atoms with Crippen molar-refractivity contribution in [3.05, 3.63) is 131 Å². The highest BCUT2D eigenvalue weighted by Gasteiger charge is 2.34. The maximum absolute atomic E-state index is 14.4. The zero-order valence-corrected chi connectivity index (χ0v) is 20.8. The normalized spacial score (nSPS) is 11.6. The summed E-state index contributed by atoms with van der Waals surface area (Å²) in [5.41, 5.74) is 15.8. The molecule has 37 heavy (non-hydrogen) atoms. The van der Waals surface area contributed by atoms with Crippen molar-refractivity contribution in [2.24, 2.45) is 5.73 Å². The summed E-state index contributed by atoms with van der Waals surface area (Å²) in [6.07, 6.45) is 0.272. The molecule has 0 bridgehead atoms. The summed E-state index contributed by atoms with van der Waals surface area (Å²) in [6.45, 7) is 0.210. The maximum Gasteiger partial charge on any atom is 0.240 e. The van der Waals surface area contributed by atoms with Gasteiger partial charge in [0, 0.05) is 18.7 Å². The van der Waals surface area contributed by atoms with Crippen LogP contribution in [0.3, 0.4) is 0 Å². The van der Waals surface area contributed by atoms with Crippen molar-refractivity contribution in [3.63, 3.8) is 0 Å². The van der Waals surface area contributed by atoms with Crippen LogP contribution in [-0.4, -0.2) is 29.9 Å². The predicted molar refractivity (Wildman–Crippen MR) is 146 cm³/mol. The quantitative estimate of drug-likeness (QED) is 0.317. The first kappa shape index (κ1) is 25.5. The second kappa shape index (κ2) is 11.9. The Balaban J connectivity index is 1.78. The Hall–Kier alpha value is -4.58. The Labute approximate surface area is 217 Å². The number of benzene rings is 4. The van der Waals surface area contributed by atoms with E-state index in [9.17, 15) is 9.59 Å². The summed E-state index contributed by atoms with van der Waals surface area (Å²) in [6, 6.07) is 33.0. The molecule has 0 aliphatic carbocycles. The van der Waals surface area contributed by atoms with Gasteiger partial charge in [-0.05, 0) is 46.5 Å². The number of methoxy groups -OCH3 is 1. The molecule has 0 saturated heterocycles. The predicted octanol–water partition coefficient (Wildman–Crippen LogP) is 4.53. The number of nitrogens with zero attached hydrogens (tertiary/aromatic N) is 1. The van der Waals surface area contributed by atoms with Crippen LogP contribution in [0, 0.1) is 0 Å². The fraction of sp³-hybridized carbons (Fsp3) is 0.161. The summed E-state index contributed by atoms with van der Waals surface area (Å²) in [5, 5.41) is 0. The minimum absolute atomic E-state index is 0.201. The van der Waals surface area contributed by atoms with Crippen molar-refractivity contribution in [1.29, 1.82) is 0 Å². The Morgan fingerprint density at radius 3 is 1.76 bits per heavy atom. The molecule has 2 amide bonds. The average Bonchev–Trinajstić information content (AvgIpc) is 2.93. The van der Waals surface area contributed by atoms with Crippen LogP contribution in [0.15, 0.2) is 109 Å². The van der Waals surface area contributed by atoms with Gasteiger partial charge in [-0.2, -0.15) is 0 Å². The average molecular weight is 494 g/mol. The third-order valence-corrected chi connectivity index (χ3v) is 6.42. The van der Waals surface area contributed by atoms with Gasteiger partial charge >= 0.3 is 0 Å². The van der Waals surface area contributed by atoms with E-state index in [1.54, 1.807) is 24.1 Å². The molecule has 0 heterocycles. The number of carbonyl (C=O) groups is 2. The van der Waals surface area contributed by atoms with Crippen molar-refractivity contribution in [3.8, 4) is 5.75 Å². The minimum Gasteiger partial charge on any atom is -0.497 e. The van der Waals surface area contributed by atoms with Gasteiger partial charge in [0.05, 0.1) is 13.0 Å². The number of ether oxygens (including phenoxy) is 1. The monoisotopic (exact) mass is 493 g/mol. The number of carbonyl (C=O) groups excluding carboxylic acids is 2. The first-order valence-corrected chi connectivity index (χ1v) is 12.1.